The highest BCUT2D eigenvalue weighted by Crippen LogP contribution is 2.44. The van der Waals surface area contributed by atoms with E-state index in [0.717, 1.165) is 40.7 Å². The molecule has 1 aliphatic heterocycles. The van der Waals surface area contributed by atoms with Gasteiger partial charge in [0.25, 0.3) is 0 Å². The summed E-state index contributed by atoms with van der Waals surface area (Å²) in [5.74, 6) is 2.35. The molecule has 11 heteroatoms. The lowest BCUT2D eigenvalue weighted by atomic mass is 10.1. The third-order valence-corrected chi connectivity index (χ3v) is 6.00. The van der Waals surface area contributed by atoms with E-state index in [-0.39, 0.29) is 11.9 Å². The molecule has 1 aliphatic rings. The number of fused-ring (bicyclic) bond motifs is 3. The number of imidazole rings is 1. The van der Waals surface area contributed by atoms with Gasteiger partial charge in [0, 0.05) is 31.2 Å². The molecule has 0 saturated heterocycles. The standard InChI is InChI=1S/C23H21FN10/c1-4-18-21-30-26-13-33(21)19-14(2)28-23(29-22(19)34(18)17-11-27-31(3)12-17)32-10-9-25-20(32)15-5-7-16(24)8-6-15/h5-13,18H,4H2,1-3H3/t18-/m0/s1. The lowest BCUT2D eigenvalue weighted by Crippen LogP contribution is -2.33. The fourth-order valence-electron chi connectivity index (χ4n) is 4.48. The van der Waals surface area contributed by atoms with Crippen LogP contribution in [0.3, 0.4) is 0 Å². The molecule has 0 aliphatic carbocycles. The second-order valence-electron chi connectivity index (χ2n) is 8.13. The Hall–Kier alpha value is -4.41. The first-order valence-electron chi connectivity index (χ1n) is 10.9. The van der Waals surface area contributed by atoms with Gasteiger partial charge in [-0.05, 0) is 37.6 Å². The van der Waals surface area contributed by atoms with Crippen LogP contribution in [-0.4, -0.2) is 44.1 Å². The highest BCUT2D eigenvalue weighted by Gasteiger charge is 2.36. The van der Waals surface area contributed by atoms with Gasteiger partial charge in [-0.25, -0.2) is 14.4 Å². The van der Waals surface area contributed by atoms with Crippen molar-refractivity contribution in [2.75, 3.05) is 4.90 Å². The SMILES string of the molecule is CC[C@H]1c2nncn2-c2c(C)nc(-n3ccnc3-c3ccc(F)cc3)nc2N1c1cnn(C)c1. The minimum Gasteiger partial charge on any atom is -0.311 e. The summed E-state index contributed by atoms with van der Waals surface area (Å²) in [6.07, 6.45) is 9.75. The van der Waals surface area contributed by atoms with Crippen molar-refractivity contribution in [3.63, 3.8) is 0 Å². The van der Waals surface area contributed by atoms with Gasteiger partial charge in [0.05, 0.1) is 23.6 Å². The van der Waals surface area contributed by atoms with Crippen LogP contribution >= 0.6 is 0 Å². The average molecular weight is 456 g/mol. The van der Waals surface area contributed by atoms with E-state index in [2.05, 4.69) is 32.1 Å². The summed E-state index contributed by atoms with van der Waals surface area (Å²) < 4.78 is 19.0. The van der Waals surface area contributed by atoms with Gasteiger partial charge in [0.2, 0.25) is 5.95 Å². The lowest BCUT2D eigenvalue weighted by molar-refractivity contribution is 0.586. The fraction of sp³-hybridized carbons (Fsp3) is 0.217. The van der Waals surface area contributed by atoms with Crippen molar-refractivity contribution in [3.8, 4) is 23.0 Å². The van der Waals surface area contributed by atoms with E-state index in [1.54, 1.807) is 35.5 Å². The summed E-state index contributed by atoms with van der Waals surface area (Å²) in [4.78, 5) is 16.4. The van der Waals surface area contributed by atoms with Crippen LogP contribution in [0, 0.1) is 12.7 Å². The van der Waals surface area contributed by atoms with Crippen molar-refractivity contribution in [1.29, 1.82) is 0 Å². The number of hydrogen-bond donors (Lipinski definition) is 0. The molecule has 0 fully saturated rings. The Morgan fingerprint density at radius 2 is 1.91 bits per heavy atom. The number of aromatic nitrogens is 9. The number of benzene rings is 1. The molecule has 6 rings (SSSR count). The third-order valence-electron chi connectivity index (χ3n) is 6.00. The molecule has 1 atom stereocenters. The van der Waals surface area contributed by atoms with Crippen LogP contribution in [0.2, 0.25) is 0 Å². The van der Waals surface area contributed by atoms with Crippen molar-refractivity contribution in [3.05, 3.63) is 72.7 Å². The van der Waals surface area contributed by atoms with Crippen molar-refractivity contribution in [2.24, 2.45) is 7.05 Å². The molecule has 0 N–H and O–H groups in total. The van der Waals surface area contributed by atoms with Gasteiger partial charge in [-0.15, -0.1) is 10.2 Å². The van der Waals surface area contributed by atoms with Gasteiger partial charge >= 0.3 is 0 Å². The number of hydrogen-bond acceptors (Lipinski definition) is 7. The van der Waals surface area contributed by atoms with Crippen LogP contribution in [0.5, 0.6) is 0 Å². The predicted octanol–water partition coefficient (Wildman–Crippen LogP) is 3.69. The monoisotopic (exact) mass is 456 g/mol. The first-order valence-corrected chi connectivity index (χ1v) is 10.9. The molecule has 5 aromatic rings. The van der Waals surface area contributed by atoms with E-state index < -0.39 is 0 Å². The maximum Gasteiger partial charge on any atom is 0.237 e. The molecule has 0 radical (unpaired) electrons. The Balaban J connectivity index is 1.58. The summed E-state index contributed by atoms with van der Waals surface area (Å²) in [5, 5.41) is 13.0. The summed E-state index contributed by atoms with van der Waals surface area (Å²) in [6.45, 7) is 4.05. The maximum absolute atomic E-state index is 13.5. The molecular weight excluding hydrogens is 435 g/mol. The minimum atomic E-state index is -0.301. The second kappa shape index (κ2) is 7.58. The lowest BCUT2D eigenvalue weighted by Gasteiger charge is -2.36. The summed E-state index contributed by atoms with van der Waals surface area (Å²) in [5.41, 5.74) is 3.25. The zero-order valence-corrected chi connectivity index (χ0v) is 18.8. The van der Waals surface area contributed by atoms with Crippen LogP contribution in [0.4, 0.5) is 15.9 Å². The molecule has 170 valence electrons. The highest BCUT2D eigenvalue weighted by molar-refractivity contribution is 5.73. The van der Waals surface area contributed by atoms with E-state index in [4.69, 9.17) is 9.97 Å². The number of anilines is 2. The van der Waals surface area contributed by atoms with Crippen molar-refractivity contribution in [2.45, 2.75) is 26.3 Å². The molecular formula is C23H21FN10. The molecule has 5 heterocycles. The van der Waals surface area contributed by atoms with Crippen LogP contribution in [0.15, 0.2) is 55.4 Å². The Kier molecular flexibility index (Phi) is 4.51. The van der Waals surface area contributed by atoms with Gasteiger partial charge in [-0.2, -0.15) is 10.1 Å². The zero-order chi connectivity index (χ0) is 23.4. The predicted molar refractivity (Wildman–Crippen MR) is 123 cm³/mol. The molecule has 10 nitrogen and oxygen atoms in total. The van der Waals surface area contributed by atoms with Gasteiger partial charge < -0.3 is 4.90 Å². The summed E-state index contributed by atoms with van der Waals surface area (Å²) in [7, 11) is 1.88. The third kappa shape index (κ3) is 3.00. The Labute approximate surface area is 194 Å². The van der Waals surface area contributed by atoms with Crippen LogP contribution in [0.1, 0.15) is 30.9 Å². The largest absolute Gasteiger partial charge is 0.311 e. The van der Waals surface area contributed by atoms with Crippen molar-refractivity contribution < 1.29 is 4.39 Å². The minimum absolute atomic E-state index is 0.0827. The number of halogens is 1. The average Bonchev–Trinajstić information content (AvgIpc) is 3.59. The van der Waals surface area contributed by atoms with E-state index in [1.165, 1.54) is 12.1 Å². The second-order valence-corrected chi connectivity index (χ2v) is 8.13. The zero-order valence-electron chi connectivity index (χ0n) is 18.8. The molecule has 0 amide bonds. The normalized spacial score (nSPS) is 14.8. The number of rotatable bonds is 4. The van der Waals surface area contributed by atoms with Crippen LogP contribution in [-0.2, 0) is 7.05 Å². The molecule has 0 unspecified atom stereocenters. The Bertz CT molecular complexity index is 1500. The highest BCUT2D eigenvalue weighted by atomic mass is 19.1. The van der Waals surface area contributed by atoms with Gasteiger partial charge in [-0.1, -0.05) is 6.92 Å². The topological polar surface area (TPSA) is 95.4 Å². The molecule has 0 saturated carbocycles. The van der Waals surface area contributed by atoms with E-state index in [9.17, 15) is 4.39 Å². The van der Waals surface area contributed by atoms with Crippen LogP contribution in [0.25, 0.3) is 23.0 Å². The molecule has 0 bridgehead atoms. The van der Waals surface area contributed by atoms with Gasteiger partial charge in [0.15, 0.2) is 11.6 Å². The maximum atomic E-state index is 13.5. The molecule has 4 aromatic heterocycles. The van der Waals surface area contributed by atoms with E-state index >= 15 is 0 Å². The Morgan fingerprint density at radius 1 is 1.09 bits per heavy atom. The molecule has 1 aromatic carbocycles. The van der Waals surface area contributed by atoms with Gasteiger partial charge in [-0.3, -0.25) is 13.8 Å². The smallest absolute Gasteiger partial charge is 0.237 e. The molecule has 0 spiro atoms. The first kappa shape index (κ1) is 20.2. The first-order chi connectivity index (χ1) is 16.5. The van der Waals surface area contributed by atoms with Crippen molar-refractivity contribution in [1.82, 2.24) is 44.1 Å². The van der Waals surface area contributed by atoms with E-state index in [1.807, 2.05) is 35.5 Å². The number of nitrogens with zero attached hydrogens (tertiary/aromatic N) is 10. The Morgan fingerprint density at radius 3 is 2.65 bits per heavy atom. The fourth-order valence-corrected chi connectivity index (χ4v) is 4.48. The number of aryl methyl sites for hydroxylation is 2. The molecule has 34 heavy (non-hydrogen) atoms. The van der Waals surface area contributed by atoms with Crippen molar-refractivity contribution >= 4 is 11.5 Å². The van der Waals surface area contributed by atoms with Gasteiger partial charge in [0.1, 0.15) is 23.7 Å². The summed E-state index contributed by atoms with van der Waals surface area (Å²) in [6, 6.07) is 6.13. The summed E-state index contributed by atoms with van der Waals surface area (Å²) >= 11 is 0. The van der Waals surface area contributed by atoms with E-state index in [0.29, 0.717) is 11.8 Å². The quantitative estimate of drug-likeness (QED) is 0.407. The van der Waals surface area contributed by atoms with Crippen LogP contribution < -0.4 is 4.90 Å².